The number of nitrogens with one attached hydrogen (secondary N) is 2. The minimum Gasteiger partial charge on any atom is -0.354 e. The number of carbonyl (C=O) groups is 1. The van der Waals surface area contributed by atoms with Crippen LogP contribution in [0.4, 0.5) is 0 Å². The van der Waals surface area contributed by atoms with Gasteiger partial charge in [-0.05, 0) is 0 Å². The maximum Gasteiger partial charge on any atom is 0.271 e. The summed E-state index contributed by atoms with van der Waals surface area (Å²) in [4.78, 5) is 15.6. The Morgan fingerprint density at radius 3 is 3.00 bits per heavy atom. The second kappa shape index (κ2) is 2.57. The van der Waals surface area contributed by atoms with E-state index in [1.165, 1.54) is 11.3 Å². The van der Waals surface area contributed by atoms with E-state index in [0.717, 1.165) is 0 Å². The van der Waals surface area contributed by atoms with E-state index < -0.39 is 0 Å². The zero-order valence-electron chi connectivity index (χ0n) is 5.84. The lowest BCUT2D eigenvalue weighted by Crippen LogP contribution is -2.27. The van der Waals surface area contributed by atoms with E-state index in [1.54, 1.807) is 14.1 Å². The monoisotopic (exact) mass is 143 g/mol. The van der Waals surface area contributed by atoms with Gasteiger partial charge in [-0.3, -0.25) is 4.79 Å². The quantitative estimate of drug-likeness (QED) is 0.492. The fourth-order valence-corrected chi connectivity index (χ4v) is 0.638. The van der Waals surface area contributed by atoms with Crippen LogP contribution < -0.4 is 10.8 Å². The first-order valence-electron chi connectivity index (χ1n) is 2.84. The zero-order valence-corrected chi connectivity index (χ0v) is 5.84. The van der Waals surface area contributed by atoms with Gasteiger partial charge in [-0.25, -0.2) is 10.5 Å². The van der Waals surface area contributed by atoms with Crippen LogP contribution in [0.1, 0.15) is 0 Å². The van der Waals surface area contributed by atoms with Crippen LogP contribution in [0.5, 0.6) is 0 Å². The summed E-state index contributed by atoms with van der Waals surface area (Å²) in [5, 5.41) is 3.81. The van der Waals surface area contributed by atoms with Crippen LogP contribution in [0.3, 0.4) is 0 Å². The van der Waals surface area contributed by atoms with Crippen LogP contribution in [0.15, 0.2) is 11.9 Å². The van der Waals surface area contributed by atoms with Crippen molar-refractivity contribution >= 4 is 5.91 Å². The van der Waals surface area contributed by atoms with Crippen molar-refractivity contribution in [2.75, 3.05) is 14.1 Å². The molecule has 5 heteroatoms. The third kappa shape index (κ3) is 1.03. The molecule has 0 saturated heterocycles. The van der Waals surface area contributed by atoms with Gasteiger partial charge in [-0.2, -0.15) is 4.94 Å². The van der Waals surface area contributed by atoms with Crippen LogP contribution in [0.2, 0.25) is 0 Å². The van der Waals surface area contributed by atoms with Gasteiger partial charge < -0.3 is 5.32 Å². The highest BCUT2D eigenvalue weighted by molar-refractivity contribution is 5.92. The van der Waals surface area contributed by atoms with E-state index in [-0.39, 0.29) is 5.91 Å². The first-order valence-corrected chi connectivity index (χ1v) is 2.84. The molecule has 0 spiro atoms. The van der Waals surface area contributed by atoms with Crippen molar-refractivity contribution in [3.63, 3.8) is 0 Å². The second-order valence-corrected chi connectivity index (χ2v) is 1.82. The predicted octanol–water partition coefficient (Wildman–Crippen LogP) is -1.04. The molecule has 0 aromatic carbocycles. The van der Waals surface area contributed by atoms with Gasteiger partial charge in [0.05, 0.1) is 6.20 Å². The number of likely N-dealkylation sites (N-methyl/N-ethyl adjacent to an activating group) is 2. The summed E-state index contributed by atoms with van der Waals surface area (Å²) in [5.74, 6) is -0.174. The van der Waals surface area contributed by atoms with Gasteiger partial charge in [-0.15, -0.1) is 0 Å². The molecule has 1 aliphatic heterocycles. The van der Waals surface area contributed by atoms with Gasteiger partial charge in [0, 0.05) is 14.1 Å². The van der Waals surface area contributed by atoms with E-state index >= 15 is 0 Å². The zero-order chi connectivity index (χ0) is 7.56. The van der Waals surface area contributed by atoms with E-state index in [1.807, 2.05) is 0 Å². The summed E-state index contributed by atoms with van der Waals surface area (Å²) in [7, 11) is 3.20. The van der Waals surface area contributed by atoms with Gasteiger partial charge in [0.25, 0.3) is 5.91 Å². The van der Waals surface area contributed by atoms with Crippen LogP contribution >= 0.6 is 0 Å². The Balaban J connectivity index is 2.63. The van der Waals surface area contributed by atoms with E-state index in [2.05, 4.69) is 10.8 Å². The fraction of sp³-hybridized carbons (Fsp3) is 0.400. The molecule has 5 nitrogen and oxygen atoms in total. The summed E-state index contributed by atoms with van der Waals surface area (Å²) in [6.45, 7) is 0. The summed E-state index contributed by atoms with van der Waals surface area (Å²) in [6.07, 6.45) is 1.48. The highest BCUT2D eigenvalue weighted by Gasteiger charge is 2.17. The summed E-state index contributed by atoms with van der Waals surface area (Å²) in [6, 6.07) is 0. The molecule has 0 saturated carbocycles. The molecule has 0 fully saturated rings. The van der Waals surface area contributed by atoms with Gasteiger partial charge in [0.2, 0.25) is 0 Å². The first kappa shape index (κ1) is 6.88. The third-order valence-electron chi connectivity index (χ3n) is 1.18. The molecular weight excluding hydrogens is 134 g/mol. The maximum absolute atomic E-state index is 10.9. The number of carbonyl (C=O) groups excluding carboxylic acids is 1. The Morgan fingerprint density at radius 1 is 1.90 bits per heavy atom. The van der Waals surface area contributed by atoms with Gasteiger partial charge in [0.1, 0.15) is 5.70 Å². The number of hydrogen-bond donors (Lipinski definition) is 2. The van der Waals surface area contributed by atoms with Crippen molar-refractivity contribution < 1.29 is 9.73 Å². The van der Waals surface area contributed by atoms with Crippen molar-refractivity contribution in [3.05, 3.63) is 11.9 Å². The Labute approximate surface area is 58.5 Å². The molecule has 1 aliphatic rings. The van der Waals surface area contributed by atoms with E-state index in [4.69, 9.17) is 4.94 Å². The number of amides is 1. The first-order chi connectivity index (χ1) is 4.75. The number of rotatable bonds is 1. The lowest BCUT2D eigenvalue weighted by molar-refractivity contribution is -0.144. The molecule has 0 radical (unpaired) electrons. The van der Waals surface area contributed by atoms with E-state index in [9.17, 15) is 4.79 Å². The SMILES string of the molecule is CNC(=O)C1=CNON1C. The Hall–Kier alpha value is -1.23. The van der Waals surface area contributed by atoms with Gasteiger partial charge in [0.15, 0.2) is 0 Å². The van der Waals surface area contributed by atoms with Crippen LogP contribution in [-0.4, -0.2) is 25.1 Å². The highest BCUT2D eigenvalue weighted by Crippen LogP contribution is 2.04. The molecule has 0 bridgehead atoms. The molecule has 0 atom stereocenters. The Kier molecular flexibility index (Phi) is 1.77. The molecule has 10 heavy (non-hydrogen) atoms. The fourth-order valence-electron chi connectivity index (χ4n) is 0.638. The largest absolute Gasteiger partial charge is 0.354 e. The third-order valence-corrected chi connectivity index (χ3v) is 1.18. The lowest BCUT2D eigenvalue weighted by Gasteiger charge is -2.09. The molecule has 56 valence electrons. The van der Waals surface area contributed by atoms with Gasteiger partial charge in [-0.1, -0.05) is 0 Å². The van der Waals surface area contributed by atoms with Crippen LogP contribution in [0, 0.1) is 0 Å². The second-order valence-electron chi connectivity index (χ2n) is 1.82. The molecule has 1 rings (SSSR count). The smallest absolute Gasteiger partial charge is 0.271 e. The molecule has 0 unspecified atom stereocenters. The standard InChI is InChI=1S/C5H9N3O2/c1-6-5(9)4-3-7-10-8(4)2/h3,7H,1-2H3,(H,6,9). The van der Waals surface area contributed by atoms with Crippen molar-refractivity contribution in [3.8, 4) is 0 Å². The van der Waals surface area contributed by atoms with Crippen molar-refractivity contribution in [1.82, 2.24) is 15.9 Å². The summed E-state index contributed by atoms with van der Waals surface area (Å²) >= 11 is 0. The Morgan fingerprint density at radius 2 is 2.60 bits per heavy atom. The van der Waals surface area contributed by atoms with Crippen LogP contribution in [0.25, 0.3) is 0 Å². The number of hydrogen-bond acceptors (Lipinski definition) is 4. The normalized spacial score (nSPS) is 16.2. The minimum atomic E-state index is -0.174. The topological polar surface area (TPSA) is 53.6 Å². The van der Waals surface area contributed by atoms with Gasteiger partial charge >= 0.3 is 0 Å². The molecule has 0 aliphatic carbocycles. The molecule has 1 heterocycles. The molecule has 0 aromatic rings. The average Bonchev–Trinajstić information content (AvgIpc) is 2.34. The maximum atomic E-state index is 10.9. The molecule has 0 aromatic heterocycles. The summed E-state index contributed by atoms with van der Waals surface area (Å²) < 4.78 is 0. The number of nitrogens with zero attached hydrogens (tertiary/aromatic N) is 1. The molecule has 2 N–H and O–H groups in total. The number of hydroxylamine groups is 3. The highest BCUT2D eigenvalue weighted by atomic mass is 16.8. The molecular formula is C5H9N3O2. The van der Waals surface area contributed by atoms with Crippen molar-refractivity contribution in [2.24, 2.45) is 0 Å². The summed E-state index contributed by atoms with van der Waals surface area (Å²) in [5.41, 5.74) is 2.90. The van der Waals surface area contributed by atoms with Crippen molar-refractivity contribution in [1.29, 1.82) is 0 Å². The Bertz CT molecular complexity index is 178. The average molecular weight is 143 g/mol. The molecule has 1 amide bonds. The minimum absolute atomic E-state index is 0.174. The lowest BCUT2D eigenvalue weighted by atomic mass is 10.4. The predicted molar refractivity (Wildman–Crippen MR) is 34.1 cm³/mol. The van der Waals surface area contributed by atoms with Crippen LogP contribution in [-0.2, 0) is 9.73 Å². The van der Waals surface area contributed by atoms with E-state index in [0.29, 0.717) is 5.70 Å². The van der Waals surface area contributed by atoms with Crippen molar-refractivity contribution in [2.45, 2.75) is 0 Å².